The summed E-state index contributed by atoms with van der Waals surface area (Å²) in [5, 5.41) is 12.3. The molecule has 0 spiro atoms. The summed E-state index contributed by atoms with van der Waals surface area (Å²) in [5.74, 6) is 2.34. The molecule has 34 heavy (non-hydrogen) atoms. The fourth-order valence-electron chi connectivity index (χ4n) is 5.41. The molecule has 3 fully saturated rings. The number of amides is 4. The lowest BCUT2D eigenvalue weighted by Crippen LogP contribution is -2.36. The van der Waals surface area contributed by atoms with Crippen molar-refractivity contribution >= 4 is 29.6 Å². The van der Waals surface area contributed by atoms with Gasteiger partial charge in [-0.3, -0.25) is 9.59 Å². The van der Waals surface area contributed by atoms with Crippen molar-refractivity contribution in [1.29, 1.82) is 0 Å². The Kier molecular flexibility index (Phi) is 9.52. The molecule has 0 aromatic rings. The molecule has 0 unspecified atom stereocenters. The van der Waals surface area contributed by atoms with Gasteiger partial charge in [0, 0.05) is 36.4 Å². The van der Waals surface area contributed by atoms with Crippen LogP contribution in [0.1, 0.15) is 38.5 Å². The Morgan fingerprint density at radius 3 is 2.53 bits per heavy atom. The number of unbranched alkanes of at least 4 members (excludes halogenated alkanes) is 1. The van der Waals surface area contributed by atoms with Gasteiger partial charge in [-0.25, -0.2) is 4.79 Å². The van der Waals surface area contributed by atoms with E-state index >= 15 is 0 Å². The van der Waals surface area contributed by atoms with E-state index in [1.54, 1.807) is 0 Å². The summed E-state index contributed by atoms with van der Waals surface area (Å²) >= 11 is 1.91. The Balaban J connectivity index is 0.902. The van der Waals surface area contributed by atoms with Gasteiger partial charge in [-0.1, -0.05) is 18.6 Å². The molecule has 6 atom stereocenters. The first-order valence-electron chi connectivity index (χ1n) is 12.7. The molecule has 0 radical (unpaired) electrons. The van der Waals surface area contributed by atoms with Gasteiger partial charge in [0.1, 0.15) is 0 Å². The number of rotatable bonds is 15. The van der Waals surface area contributed by atoms with Crippen molar-refractivity contribution in [1.82, 2.24) is 21.3 Å². The molecule has 0 aromatic heterocycles. The Bertz CT molecular complexity index is 751. The van der Waals surface area contributed by atoms with Crippen molar-refractivity contribution in [2.75, 3.05) is 45.3 Å². The number of nitrogens with one attached hydrogen (secondary N) is 4. The summed E-state index contributed by atoms with van der Waals surface area (Å²) in [6.45, 7) is 2.89. The van der Waals surface area contributed by atoms with E-state index in [9.17, 15) is 14.4 Å². The Morgan fingerprint density at radius 1 is 1.00 bits per heavy atom. The third-order valence-corrected chi connectivity index (χ3v) is 8.69. The third-order valence-electron chi connectivity index (χ3n) is 7.18. The molecule has 9 nitrogen and oxygen atoms in total. The fourth-order valence-corrected chi connectivity index (χ4v) is 6.95. The molecule has 190 valence electrons. The first kappa shape index (κ1) is 25.3. The quantitative estimate of drug-likeness (QED) is 0.154. The van der Waals surface area contributed by atoms with Gasteiger partial charge in [0.15, 0.2) is 0 Å². The van der Waals surface area contributed by atoms with E-state index in [-0.39, 0.29) is 35.8 Å². The van der Waals surface area contributed by atoms with Crippen LogP contribution in [-0.4, -0.2) is 80.4 Å². The molecule has 2 aliphatic carbocycles. The Hall–Kier alpha value is -1.78. The van der Waals surface area contributed by atoms with Crippen LogP contribution >= 0.6 is 11.8 Å². The van der Waals surface area contributed by atoms with Crippen molar-refractivity contribution in [3.8, 4) is 0 Å². The first-order valence-corrected chi connectivity index (χ1v) is 13.7. The van der Waals surface area contributed by atoms with Crippen LogP contribution in [-0.2, 0) is 19.1 Å². The van der Waals surface area contributed by atoms with E-state index in [0.29, 0.717) is 63.0 Å². The maximum atomic E-state index is 12.2. The maximum Gasteiger partial charge on any atom is 0.315 e. The van der Waals surface area contributed by atoms with Gasteiger partial charge in [0.05, 0.1) is 38.5 Å². The summed E-state index contributed by atoms with van der Waals surface area (Å²) in [4.78, 5) is 35.6. The monoisotopic (exact) mass is 494 g/mol. The average Bonchev–Trinajstić information content (AvgIpc) is 3.60. The summed E-state index contributed by atoms with van der Waals surface area (Å²) in [6.07, 6.45) is 9.92. The van der Waals surface area contributed by atoms with E-state index in [1.165, 1.54) is 0 Å². The molecule has 4 rings (SSSR count). The summed E-state index contributed by atoms with van der Waals surface area (Å²) < 4.78 is 11.0. The lowest BCUT2D eigenvalue weighted by molar-refractivity contribution is -0.126. The second-order valence-corrected chi connectivity index (χ2v) is 10.9. The molecule has 0 aromatic carbocycles. The van der Waals surface area contributed by atoms with Crippen LogP contribution in [0.4, 0.5) is 4.79 Å². The zero-order valence-corrected chi connectivity index (χ0v) is 20.6. The van der Waals surface area contributed by atoms with Crippen molar-refractivity contribution in [3.63, 3.8) is 0 Å². The molecule has 2 bridgehead atoms. The smallest absolute Gasteiger partial charge is 0.315 e. The van der Waals surface area contributed by atoms with Gasteiger partial charge in [-0.05, 0) is 37.5 Å². The van der Waals surface area contributed by atoms with Crippen molar-refractivity contribution in [2.45, 2.75) is 55.9 Å². The van der Waals surface area contributed by atoms with Gasteiger partial charge >= 0.3 is 6.03 Å². The number of hydrogen-bond donors (Lipinski definition) is 4. The minimum Gasteiger partial charge on any atom is -0.377 e. The zero-order valence-electron chi connectivity index (χ0n) is 19.8. The molecule has 2 aliphatic heterocycles. The van der Waals surface area contributed by atoms with Crippen molar-refractivity contribution in [2.24, 2.45) is 17.8 Å². The van der Waals surface area contributed by atoms with Crippen LogP contribution in [0.2, 0.25) is 0 Å². The molecule has 4 aliphatic rings. The van der Waals surface area contributed by atoms with Crippen LogP contribution in [0.15, 0.2) is 12.2 Å². The number of allylic oxidation sites excluding steroid dienone is 2. The van der Waals surface area contributed by atoms with E-state index in [2.05, 4.69) is 33.4 Å². The topological polar surface area (TPSA) is 118 Å². The predicted octanol–water partition coefficient (Wildman–Crippen LogP) is 1.19. The van der Waals surface area contributed by atoms with E-state index in [0.717, 1.165) is 37.9 Å². The van der Waals surface area contributed by atoms with Gasteiger partial charge < -0.3 is 30.7 Å². The molecule has 10 heteroatoms. The minimum absolute atomic E-state index is 0.0503. The number of carbonyl (C=O) groups excluding carboxylic acids is 3. The van der Waals surface area contributed by atoms with Gasteiger partial charge in [-0.2, -0.15) is 11.8 Å². The third kappa shape index (κ3) is 7.11. The Morgan fingerprint density at radius 2 is 1.79 bits per heavy atom. The molecule has 4 N–H and O–H groups in total. The second kappa shape index (κ2) is 12.8. The van der Waals surface area contributed by atoms with Crippen LogP contribution in [0, 0.1) is 17.8 Å². The van der Waals surface area contributed by atoms with Crippen molar-refractivity contribution in [3.05, 3.63) is 12.2 Å². The van der Waals surface area contributed by atoms with E-state index < -0.39 is 0 Å². The predicted molar refractivity (Wildman–Crippen MR) is 130 cm³/mol. The maximum absolute atomic E-state index is 12.2. The fraction of sp³-hybridized carbons (Fsp3) is 0.792. The highest BCUT2D eigenvalue weighted by Crippen LogP contribution is 2.43. The van der Waals surface area contributed by atoms with E-state index in [1.807, 2.05) is 11.8 Å². The number of hydrogen-bond acceptors (Lipinski definition) is 6. The number of thioether (sulfide) groups is 1. The highest BCUT2D eigenvalue weighted by atomic mass is 32.2. The van der Waals surface area contributed by atoms with E-state index in [4.69, 9.17) is 9.47 Å². The number of ether oxygens (including phenoxy) is 2. The lowest BCUT2D eigenvalue weighted by Gasteiger charge is -2.17. The summed E-state index contributed by atoms with van der Waals surface area (Å²) in [7, 11) is 0. The number of carbonyl (C=O) groups is 3. The van der Waals surface area contributed by atoms with Crippen LogP contribution < -0.4 is 21.3 Å². The SMILES string of the molecule is O=C(CCCC[C@@H]1SC[C@@H]2NC(=O)N[C@@H]21)NCCOCCOCCNC(=O)[C@@H]1C[C@H]2C=C[C@@H]1C2. The van der Waals surface area contributed by atoms with Crippen molar-refractivity contribution < 1.29 is 23.9 Å². The molecule has 1 saturated carbocycles. The van der Waals surface area contributed by atoms with Gasteiger partial charge in [0.25, 0.3) is 0 Å². The van der Waals surface area contributed by atoms with Crippen LogP contribution in [0.5, 0.6) is 0 Å². The Labute approximate surface area is 205 Å². The summed E-state index contributed by atoms with van der Waals surface area (Å²) in [5.41, 5.74) is 0. The van der Waals surface area contributed by atoms with Crippen LogP contribution in [0.25, 0.3) is 0 Å². The van der Waals surface area contributed by atoms with Gasteiger partial charge in [-0.15, -0.1) is 0 Å². The molecular weight excluding hydrogens is 456 g/mol. The first-order chi connectivity index (χ1) is 16.6. The summed E-state index contributed by atoms with van der Waals surface area (Å²) in [6, 6.07) is 0.434. The van der Waals surface area contributed by atoms with Crippen LogP contribution in [0.3, 0.4) is 0 Å². The normalized spacial score (nSPS) is 30.8. The largest absolute Gasteiger partial charge is 0.377 e. The zero-order chi connectivity index (χ0) is 23.8. The minimum atomic E-state index is -0.0547. The molecule has 4 amide bonds. The average molecular weight is 495 g/mol. The van der Waals surface area contributed by atoms with Gasteiger partial charge in [0.2, 0.25) is 11.8 Å². The highest BCUT2D eigenvalue weighted by molar-refractivity contribution is 8.00. The molecule has 2 saturated heterocycles. The second-order valence-electron chi connectivity index (χ2n) is 9.62. The molecule has 2 heterocycles. The molecular formula is C24H38N4O5S. The standard InChI is InChI=1S/C24H38N4O5S/c29-21(4-2-1-3-20-22-19(15-34-20)27-24(31)28-22)25-7-9-32-11-12-33-10-8-26-23(30)18-14-16-5-6-17(18)13-16/h5-6,16-20,22H,1-4,7-15H2,(H,25,29)(H,26,30)(H2,27,28,31)/t16-,17+,18+,19-,20-,22-/m0/s1. The number of fused-ring (bicyclic) bond motifs is 3. The highest BCUT2D eigenvalue weighted by Gasteiger charge is 2.42. The number of urea groups is 1. The lowest BCUT2D eigenvalue weighted by atomic mass is 9.93.